The fourth-order valence-electron chi connectivity index (χ4n) is 3.34. The van der Waals surface area contributed by atoms with Gasteiger partial charge in [-0.25, -0.2) is 0 Å². The minimum absolute atomic E-state index is 0.135. The molecular weight excluding hydrogens is 382 g/mol. The summed E-state index contributed by atoms with van der Waals surface area (Å²) in [5.41, 5.74) is 1.00. The lowest BCUT2D eigenvalue weighted by molar-refractivity contribution is 0.415. The van der Waals surface area contributed by atoms with Crippen LogP contribution < -0.4 is 20.5 Å². The fraction of sp³-hybridized carbons (Fsp3) is 0.333. The fourth-order valence-corrected chi connectivity index (χ4v) is 3.34. The summed E-state index contributed by atoms with van der Waals surface area (Å²) in [4.78, 5) is 24.5. The summed E-state index contributed by atoms with van der Waals surface area (Å²) in [6.07, 6.45) is 0. The predicted octanol–water partition coefficient (Wildman–Crippen LogP) is 1.23. The Morgan fingerprint density at radius 1 is 1.20 bits per heavy atom. The molecule has 0 aliphatic carbocycles. The van der Waals surface area contributed by atoms with Gasteiger partial charge in [0.05, 0.1) is 18.2 Å². The van der Waals surface area contributed by atoms with Crippen LogP contribution in [0.3, 0.4) is 0 Å². The van der Waals surface area contributed by atoms with Crippen molar-refractivity contribution in [3.63, 3.8) is 0 Å². The van der Waals surface area contributed by atoms with Gasteiger partial charge in [-0.1, -0.05) is 5.92 Å². The van der Waals surface area contributed by atoms with Gasteiger partial charge in [-0.15, -0.1) is 5.92 Å². The molecule has 9 heteroatoms. The molecular formula is C21H21N7O2. The molecule has 1 fully saturated rings. The Hall–Kier alpha value is -3.82. The van der Waals surface area contributed by atoms with E-state index in [0.717, 1.165) is 26.2 Å². The SMILES string of the molecule is CC#CCn1c(N2CCNCC2)nc2nc(Oc3ccc(C#N)cc3)n(C)c(=O)c21. The Bertz CT molecular complexity index is 1230. The van der Waals surface area contributed by atoms with Gasteiger partial charge in [0.2, 0.25) is 5.95 Å². The topological polar surface area (TPSA) is 101 Å². The monoisotopic (exact) mass is 403 g/mol. The normalized spacial score (nSPS) is 13.6. The highest BCUT2D eigenvalue weighted by Gasteiger charge is 2.23. The van der Waals surface area contributed by atoms with Gasteiger partial charge in [0.1, 0.15) is 5.75 Å². The largest absolute Gasteiger partial charge is 0.425 e. The first-order chi connectivity index (χ1) is 14.6. The Morgan fingerprint density at radius 2 is 1.93 bits per heavy atom. The highest BCUT2D eigenvalue weighted by molar-refractivity contribution is 5.75. The average Bonchev–Trinajstić information content (AvgIpc) is 3.15. The van der Waals surface area contributed by atoms with E-state index in [9.17, 15) is 4.79 Å². The van der Waals surface area contributed by atoms with E-state index in [4.69, 9.17) is 10.00 Å². The van der Waals surface area contributed by atoms with E-state index in [1.165, 1.54) is 4.57 Å². The number of nitriles is 1. The van der Waals surface area contributed by atoms with Gasteiger partial charge in [-0.3, -0.25) is 13.9 Å². The molecule has 1 N–H and O–H groups in total. The molecule has 2 aromatic heterocycles. The van der Waals surface area contributed by atoms with E-state index in [-0.39, 0.29) is 11.6 Å². The van der Waals surface area contributed by atoms with Crippen LogP contribution in [0, 0.1) is 23.2 Å². The van der Waals surface area contributed by atoms with Crippen molar-refractivity contribution in [3.05, 3.63) is 40.2 Å². The number of hydrogen-bond acceptors (Lipinski definition) is 7. The second kappa shape index (κ2) is 8.27. The smallest absolute Gasteiger partial charge is 0.306 e. The van der Waals surface area contributed by atoms with Crippen LogP contribution in [-0.4, -0.2) is 45.3 Å². The summed E-state index contributed by atoms with van der Waals surface area (Å²) in [6.45, 7) is 5.40. The summed E-state index contributed by atoms with van der Waals surface area (Å²) >= 11 is 0. The average molecular weight is 403 g/mol. The van der Waals surface area contributed by atoms with Gasteiger partial charge in [-0.2, -0.15) is 15.2 Å². The number of nitrogens with one attached hydrogen (secondary N) is 1. The van der Waals surface area contributed by atoms with Crippen molar-refractivity contribution in [2.45, 2.75) is 13.5 Å². The molecule has 4 rings (SSSR count). The minimum Gasteiger partial charge on any atom is -0.425 e. The molecule has 3 aromatic rings. The van der Waals surface area contributed by atoms with Crippen LogP contribution in [0.2, 0.25) is 0 Å². The maximum absolute atomic E-state index is 13.2. The third-order valence-corrected chi connectivity index (χ3v) is 4.93. The zero-order valence-corrected chi connectivity index (χ0v) is 16.8. The molecule has 0 atom stereocenters. The van der Waals surface area contributed by atoms with Crippen molar-refractivity contribution in [3.8, 4) is 29.7 Å². The van der Waals surface area contributed by atoms with E-state index in [0.29, 0.717) is 35.0 Å². The summed E-state index contributed by atoms with van der Waals surface area (Å²) in [7, 11) is 1.61. The Labute approximate surface area is 173 Å². The van der Waals surface area contributed by atoms with Gasteiger partial charge in [0.25, 0.3) is 5.56 Å². The second-order valence-corrected chi connectivity index (χ2v) is 6.83. The van der Waals surface area contributed by atoms with Gasteiger partial charge in [-0.05, 0) is 31.2 Å². The maximum atomic E-state index is 13.2. The van der Waals surface area contributed by atoms with Gasteiger partial charge in [0, 0.05) is 33.2 Å². The van der Waals surface area contributed by atoms with Crippen LogP contribution in [0.4, 0.5) is 5.95 Å². The number of aromatic nitrogens is 4. The molecule has 1 saturated heterocycles. The van der Waals surface area contributed by atoms with Crippen LogP contribution in [0.1, 0.15) is 12.5 Å². The molecule has 0 radical (unpaired) electrons. The molecule has 0 spiro atoms. The number of fused-ring (bicyclic) bond motifs is 1. The minimum atomic E-state index is -0.254. The van der Waals surface area contributed by atoms with E-state index in [2.05, 4.69) is 38.1 Å². The van der Waals surface area contributed by atoms with Crippen molar-refractivity contribution in [1.29, 1.82) is 5.26 Å². The van der Waals surface area contributed by atoms with Gasteiger partial charge < -0.3 is 15.0 Å². The Morgan fingerprint density at radius 3 is 2.60 bits per heavy atom. The summed E-state index contributed by atoms with van der Waals surface area (Å²) < 4.78 is 9.01. The van der Waals surface area contributed by atoms with Crippen LogP contribution in [0.5, 0.6) is 11.8 Å². The molecule has 0 saturated carbocycles. The van der Waals surface area contributed by atoms with E-state index in [1.807, 2.05) is 4.57 Å². The zero-order valence-electron chi connectivity index (χ0n) is 16.8. The maximum Gasteiger partial charge on any atom is 0.306 e. The molecule has 0 amide bonds. The summed E-state index contributed by atoms with van der Waals surface area (Å²) in [5.74, 6) is 7.08. The standard InChI is InChI=1S/C21H21N7O2/c1-3-4-11-28-17-18(24-20(28)27-12-9-23-10-13-27)25-21(26(2)19(17)29)30-16-7-5-15(14-22)6-8-16/h5-8,23H,9-13H2,1-2H3. The number of rotatable bonds is 4. The molecule has 152 valence electrons. The van der Waals surface area contributed by atoms with Gasteiger partial charge in [0.15, 0.2) is 11.2 Å². The third-order valence-electron chi connectivity index (χ3n) is 4.93. The van der Waals surface area contributed by atoms with Crippen molar-refractivity contribution in [2.75, 3.05) is 31.1 Å². The quantitative estimate of drug-likeness (QED) is 0.654. The summed E-state index contributed by atoms with van der Waals surface area (Å²) in [6, 6.07) is 8.81. The molecule has 0 unspecified atom stereocenters. The molecule has 0 bridgehead atoms. The highest BCUT2D eigenvalue weighted by Crippen LogP contribution is 2.24. The van der Waals surface area contributed by atoms with Crippen molar-refractivity contribution >= 4 is 17.1 Å². The Kier molecular flexibility index (Phi) is 5.38. The molecule has 1 aliphatic heterocycles. The number of benzene rings is 1. The summed E-state index contributed by atoms with van der Waals surface area (Å²) in [5, 5.41) is 12.3. The first-order valence-electron chi connectivity index (χ1n) is 9.63. The number of nitrogens with zero attached hydrogens (tertiary/aromatic N) is 6. The molecule has 1 aliphatic rings. The first kappa shape index (κ1) is 19.5. The second-order valence-electron chi connectivity index (χ2n) is 6.83. The van der Waals surface area contributed by atoms with E-state index < -0.39 is 0 Å². The third kappa shape index (κ3) is 3.59. The number of hydrogen-bond donors (Lipinski definition) is 1. The number of imidazole rings is 1. The zero-order chi connectivity index (χ0) is 21.1. The highest BCUT2D eigenvalue weighted by atomic mass is 16.5. The lowest BCUT2D eigenvalue weighted by Gasteiger charge is -2.28. The lowest BCUT2D eigenvalue weighted by Crippen LogP contribution is -2.44. The molecule has 3 heterocycles. The molecule has 9 nitrogen and oxygen atoms in total. The first-order valence-corrected chi connectivity index (χ1v) is 9.63. The van der Waals surface area contributed by atoms with Crippen LogP contribution >= 0.6 is 0 Å². The van der Waals surface area contributed by atoms with Crippen LogP contribution in [0.15, 0.2) is 29.1 Å². The van der Waals surface area contributed by atoms with Crippen LogP contribution in [0.25, 0.3) is 11.2 Å². The van der Waals surface area contributed by atoms with E-state index >= 15 is 0 Å². The lowest BCUT2D eigenvalue weighted by atomic mass is 10.2. The Balaban J connectivity index is 1.80. The number of anilines is 1. The number of piperazine rings is 1. The van der Waals surface area contributed by atoms with Crippen LogP contribution in [-0.2, 0) is 13.6 Å². The molecule has 1 aromatic carbocycles. The van der Waals surface area contributed by atoms with Crippen molar-refractivity contribution in [2.24, 2.45) is 7.05 Å². The van der Waals surface area contributed by atoms with Crippen molar-refractivity contribution in [1.82, 2.24) is 24.4 Å². The predicted molar refractivity (Wildman–Crippen MR) is 113 cm³/mol. The van der Waals surface area contributed by atoms with E-state index in [1.54, 1.807) is 38.2 Å². The van der Waals surface area contributed by atoms with Crippen molar-refractivity contribution < 1.29 is 4.74 Å². The number of ether oxygens (including phenoxy) is 1. The van der Waals surface area contributed by atoms with Gasteiger partial charge >= 0.3 is 6.01 Å². The molecule has 30 heavy (non-hydrogen) atoms.